The summed E-state index contributed by atoms with van der Waals surface area (Å²) in [5.74, 6) is 0. The molecule has 0 aromatic carbocycles. The molecule has 1 aliphatic carbocycles. The maximum atomic E-state index is 2.26. The summed E-state index contributed by atoms with van der Waals surface area (Å²) in [5.41, 5.74) is 1.52. The number of thioether (sulfide) groups is 1. The molecule has 0 aromatic rings. The van der Waals surface area contributed by atoms with Crippen molar-refractivity contribution in [1.82, 2.24) is 0 Å². The molecule has 62 valence electrons. The fraction of sp³-hybridized carbons (Fsp3) is 0.600. The van der Waals surface area contributed by atoms with E-state index in [1.165, 1.54) is 24.8 Å². The molecule has 1 unspecified atom stereocenters. The van der Waals surface area contributed by atoms with Crippen LogP contribution in [-0.2, 0) is 0 Å². The van der Waals surface area contributed by atoms with Crippen molar-refractivity contribution in [3.05, 3.63) is 23.8 Å². The fourth-order valence-electron chi connectivity index (χ4n) is 1.38. The molecule has 1 aliphatic rings. The van der Waals surface area contributed by atoms with Crippen LogP contribution < -0.4 is 0 Å². The molecule has 0 radical (unpaired) electrons. The van der Waals surface area contributed by atoms with Gasteiger partial charge in [-0.15, -0.1) is 0 Å². The third-order valence-electron chi connectivity index (χ3n) is 2.12. The van der Waals surface area contributed by atoms with Gasteiger partial charge in [0.05, 0.1) is 0 Å². The zero-order chi connectivity index (χ0) is 8.10. The molecule has 0 N–H and O–H groups in total. The molecule has 1 atom stereocenters. The molecule has 0 nitrogen and oxygen atoms in total. The molecule has 11 heavy (non-hydrogen) atoms. The van der Waals surface area contributed by atoms with E-state index in [0.29, 0.717) is 0 Å². The topological polar surface area (TPSA) is 0 Å². The van der Waals surface area contributed by atoms with Gasteiger partial charge in [-0.05, 0) is 32.4 Å². The lowest BCUT2D eigenvalue weighted by Gasteiger charge is -2.15. The van der Waals surface area contributed by atoms with E-state index in [2.05, 4.69) is 31.4 Å². The van der Waals surface area contributed by atoms with Crippen molar-refractivity contribution in [2.45, 2.75) is 31.4 Å². The second-order valence-electron chi connectivity index (χ2n) is 2.99. The summed E-state index contributed by atoms with van der Waals surface area (Å²) in [7, 11) is 0. The van der Waals surface area contributed by atoms with Gasteiger partial charge in [0, 0.05) is 5.25 Å². The Morgan fingerprint density at radius 2 is 2.36 bits per heavy atom. The summed E-state index contributed by atoms with van der Waals surface area (Å²) in [4.78, 5) is 0. The number of hydrogen-bond acceptors (Lipinski definition) is 1. The smallest absolute Gasteiger partial charge is 0.0254 e. The van der Waals surface area contributed by atoms with Gasteiger partial charge in [0.2, 0.25) is 0 Å². The molecule has 0 saturated carbocycles. The first-order chi connectivity index (χ1) is 5.34. The second kappa shape index (κ2) is 4.66. The Kier molecular flexibility index (Phi) is 3.78. The van der Waals surface area contributed by atoms with Gasteiger partial charge in [0.1, 0.15) is 0 Å². The monoisotopic (exact) mass is 168 g/mol. The summed E-state index contributed by atoms with van der Waals surface area (Å²) >= 11 is 1.97. The Morgan fingerprint density at radius 1 is 1.55 bits per heavy atom. The Morgan fingerprint density at radius 3 is 3.09 bits per heavy atom. The highest BCUT2D eigenvalue weighted by Gasteiger charge is 2.08. The van der Waals surface area contributed by atoms with Crippen LogP contribution in [0.5, 0.6) is 0 Å². The largest absolute Gasteiger partial charge is 0.158 e. The van der Waals surface area contributed by atoms with Crippen LogP contribution in [0.15, 0.2) is 23.8 Å². The average Bonchev–Trinajstić information content (AvgIpc) is 1.98. The minimum atomic E-state index is 0.764. The molecule has 0 heterocycles. The molecule has 0 saturated heterocycles. The maximum absolute atomic E-state index is 2.26. The number of hydrogen-bond donors (Lipinski definition) is 0. The lowest BCUT2D eigenvalue weighted by atomic mass is 10.0. The SMILES string of the molecule is CSC1CCC/C=C\C=C1C. The van der Waals surface area contributed by atoms with E-state index in [0.717, 1.165) is 5.25 Å². The van der Waals surface area contributed by atoms with Gasteiger partial charge >= 0.3 is 0 Å². The van der Waals surface area contributed by atoms with Crippen LogP contribution in [0.1, 0.15) is 26.2 Å². The van der Waals surface area contributed by atoms with Crippen molar-refractivity contribution in [3.63, 3.8) is 0 Å². The Bertz CT molecular complexity index is 168. The molecule has 0 aliphatic heterocycles. The van der Waals surface area contributed by atoms with Crippen LogP contribution in [0, 0.1) is 0 Å². The first-order valence-electron chi connectivity index (χ1n) is 4.20. The quantitative estimate of drug-likeness (QED) is 0.578. The van der Waals surface area contributed by atoms with Crippen LogP contribution in [0.25, 0.3) is 0 Å². The summed E-state index contributed by atoms with van der Waals surface area (Å²) in [5, 5.41) is 0.764. The Labute approximate surface area is 73.8 Å². The third-order valence-corrected chi connectivity index (χ3v) is 3.30. The van der Waals surface area contributed by atoms with E-state index < -0.39 is 0 Å². The zero-order valence-corrected chi connectivity index (χ0v) is 8.16. The van der Waals surface area contributed by atoms with Gasteiger partial charge in [-0.2, -0.15) is 11.8 Å². The summed E-state index contributed by atoms with van der Waals surface area (Å²) in [6, 6.07) is 0. The zero-order valence-electron chi connectivity index (χ0n) is 7.34. The number of rotatable bonds is 1. The van der Waals surface area contributed by atoms with Crippen molar-refractivity contribution in [1.29, 1.82) is 0 Å². The van der Waals surface area contributed by atoms with Crippen molar-refractivity contribution < 1.29 is 0 Å². The minimum Gasteiger partial charge on any atom is -0.158 e. The van der Waals surface area contributed by atoms with E-state index in [1.807, 2.05) is 11.8 Å². The third kappa shape index (κ3) is 2.74. The predicted octanol–water partition coefficient (Wildman–Crippen LogP) is 3.40. The van der Waals surface area contributed by atoms with E-state index in [4.69, 9.17) is 0 Å². The van der Waals surface area contributed by atoms with Crippen LogP contribution >= 0.6 is 11.8 Å². The maximum Gasteiger partial charge on any atom is 0.0254 e. The first kappa shape index (κ1) is 8.92. The lowest BCUT2D eigenvalue weighted by molar-refractivity contribution is 0.750. The Balaban J connectivity index is 2.62. The first-order valence-corrected chi connectivity index (χ1v) is 5.49. The standard InChI is InChI=1S/C10H16S/c1-9-7-5-3-4-6-8-10(9)11-2/h3,5,7,10H,4,6,8H2,1-2H3/b5-3-,9-7?. The molecule has 1 rings (SSSR count). The summed E-state index contributed by atoms with van der Waals surface area (Å²) in [6.45, 7) is 2.23. The second-order valence-corrected chi connectivity index (χ2v) is 4.03. The van der Waals surface area contributed by atoms with Crippen molar-refractivity contribution >= 4 is 11.8 Å². The fourth-order valence-corrected chi connectivity index (χ4v) is 2.23. The highest BCUT2D eigenvalue weighted by Crippen LogP contribution is 2.23. The average molecular weight is 168 g/mol. The van der Waals surface area contributed by atoms with Crippen LogP contribution in [0.3, 0.4) is 0 Å². The van der Waals surface area contributed by atoms with Crippen molar-refractivity contribution in [2.24, 2.45) is 0 Å². The lowest BCUT2D eigenvalue weighted by Crippen LogP contribution is -2.04. The van der Waals surface area contributed by atoms with E-state index >= 15 is 0 Å². The van der Waals surface area contributed by atoms with E-state index in [9.17, 15) is 0 Å². The van der Waals surface area contributed by atoms with E-state index in [-0.39, 0.29) is 0 Å². The molecule has 0 spiro atoms. The van der Waals surface area contributed by atoms with Crippen molar-refractivity contribution in [3.8, 4) is 0 Å². The highest BCUT2D eigenvalue weighted by molar-refractivity contribution is 7.99. The molecule has 1 heteroatoms. The van der Waals surface area contributed by atoms with Gasteiger partial charge in [-0.3, -0.25) is 0 Å². The van der Waals surface area contributed by atoms with Crippen LogP contribution in [-0.4, -0.2) is 11.5 Å². The van der Waals surface area contributed by atoms with Gasteiger partial charge in [-0.25, -0.2) is 0 Å². The molecule has 0 fully saturated rings. The molecular formula is C10H16S. The van der Waals surface area contributed by atoms with Crippen molar-refractivity contribution in [2.75, 3.05) is 6.26 Å². The minimum absolute atomic E-state index is 0.764. The van der Waals surface area contributed by atoms with E-state index in [1.54, 1.807) is 0 Å². The normalized spacial score (nSPS) is 28.5. The molecule has 0 amide bonds. The van der Waals surface area contributed by atoms with Gasteiger partial charge in [-0.1, -0.05) is 23.8 Å². The highest BCUT2D eigenvalue weighted by atomic mass is 32.2. The number of allylic oxidation sites excluding steroid dienone is 3. The van der Waals surface area contributed by atoms with Crippen LogP contribution in [0.4, 0.5) is 0 Å². The predicted molar refractivity (Wildman–Crippen MR) is 54.1 cm³/mol. The van der Waals surface area contributed by atoms with Gasteiger partial charge in [0.25, 0.3) is 0 Å². The summed E-state index contributed by atoms with van der Waals surface area (Å²) < 4.78 is 0. The Hall–Kier alpha value is -0.170. The van der Waals surface area contributed by atoms with Crippen LogP contribution in [0.2, 0.25) is 0 Å². The van der Waals surface area contributed by atoms with Gasteiger partial charge in [0.15, 0.2) is 0 Å². The molecule has 0 bridgehead atoms. The molecule has 0 aromatic heterocycles. The van der Waals surface area contributed by atoms with Gasteiger partial charge < -0.3 is 0 Å². The molecular weight excluding hydrogens is 152 g/mol. The summed E-state index contributed by atoms with van der Waals surface area (Å²) in [6.07, 6.45) is 12.8.